The Bertz CT molecular complexity index is 674. The lowest BCUT2D eigenvalue weighted by molar-refractivity contribution is 0.0773. The van der Waals surface area contributed by atoms with E-state index in [4.69, 9.17) is 4.74 Å². The van der Waals surface area contributed by atoms with Gasteiger partial charge < -0.3 is 14.5 Å². The number of nitrogens with zero attached hydrogens (tertiary/aromatic N) is 2. The quantitative estimate of drug-likeness (QED) is 0.821. The first-order valence-corrected chi connectivity index (χ1v) is 7.39. The zero-order chi connectivity index (χ0) is 16.8. The second-order valence-corrected chi connectivity index (χ2v) is 5.45. The summed E-state index contributed by atoms with van der Waals surface area (Å²) >= 11 is 0. The van der Waals surface area contributed by atoms with Gasteiger partial charge >= 0.3 is 0 Å². The minimum absolute atomic E-state index is 0.0918. The molecule has 0 spiro atoms. The molecule has 1 amide bonds. The van der Waals surface area contributed by atoms with Gasteiger partial charge in [-0.05, 0) is 30.3 Å². The molecule has 2 aromatic carbocycles. The Labute approximate surface area is 136 Å². The van der Waals surface area contributed by atoms with Crippen LogP contribution in [0.2, 0.25) is 0 Å². The summed E-state index contributed by atoms with van der Waals surface area (Å²) < 4.78 is 18.8. The minimum Gasteiger partial charge on any atom is -0.489 e. The zero-order valence-corrected chi connectivity index (χ0v) is 13.6. The number of para-hydroxylation sites is 1. The van der Waals surface area contributed by atoms with Crippen molar-refractivity contribution in [3.05, 3.63) is 59.9 Å². The van der Waals surface area contributed by atoms with E-state index in [1.807, 2.05) is 37.2 Å². The highest BCUT2D eigenvalue weighted by atomic mass is 19.1. The van der Waals surface area contributed by atoms with E-state index in [0.29, 0.717) is 12.1 Å². The molecule has 0 saturated carbocycles. The molecule has 0 saturated heterocycles. The van der Waals surface area contributed by atoms with Crippen LogP contribution in [-0.2, 0) is 0 Å². The number of halogens is 1. The van der Waals surface area contributed by atoms with Gasteiger partial charge in [0.15, 0.2) is 11.6 Å². The topological polar surface area (TPSA) is 32.8 Å². The van der Waals surface area contributed by atoms with Crippen LogP contribution in [0.1, 0.15) is 10.4 Å². The molecule has 2 rings (SSSR count). The molecule has 0 aliphatic rings. The van der Waals surface area contributed by atoms with Crippen molar-refractivity contribution in [2.24, 2.45) is 0 Å². The molecular formula is C18H21FN2O2. The molecule has 0 atom stereocenters. The molecule has 122 valence electrons. The van der Waals surface area contributed by atoms with Gasteiger partial charge in [-0.1, -0.05) is 18.2 Å². The fourth-order valence-corrected chi connectivity index (χ4v) is 2.09. The number of rotatable bonds is 6. The molecule has 4 nitrogen and oxygen atoms in total. The zero-order valence-electron chi connectivity index (χ0n) is 13.6. The van der Waals surface area contributed by atoms with Crippen LogP contribution in [0.5, 0.6) is 5.75 Å². The van der Waals surface area contributed by atoms with Gasteiger partial charge in [0.2, 0.25) is 0 Å². The van der Waals surface area contributed by atoms with Gasteiger partial charge in [-0.2, -0.15) is 0 Å². The Balaban J connectivity index is 1.93. The molecule has 0 bridgehead atoms. The molecule has 0 radical (unpaired) electrons. The average molecular weight is 316 g/mol. The van der Waals surface area contributed by atoms with E-state index in [1.165, 1.54) is 6.07 Å². The Kier molecular flexibility index (Phi) is 5.57. The van der Waals surface area contributed by atoms with Gasteiger partial charge in [-0.3, -0.25) is 4.79 Å². The van der Waals surface area contributed by atoms with Gasteiger partial charge in [0.1, 0.15) is 6.61 Å². The van der Waals surface area contributed by atoms with E-state index in [9.17, 15) is 9.18 Å². The largest absolute Gasteiger partial charge is 0.489 e. The number of amides is 1. The summed E-state index contributed by atoms with van der Waals surface area (Å²) in [4.78, 5) is 15.9. The number of anilines is 1. The summed E-state index contributed by atoms with van der Waals surface area (Å²) in [6, 6.07) is 13.6. The number of benzene rings is 2. The molecule has 0 unspecified atom stereocenters. The molecule has 0 fully saturated rings. The lowest BCUT2D eigenvalue weighted by Gasteiger charge is -2.19. The van der Waals surface area contributed by atoms with Gasteiger partial charge in [0.25, 0.3) is 5.91 Å². The summed E-state index contributed by atoms with van der Waals surface area (Å²) in [7, 11) is 5.56. The van der Waals surface area contributed by atoms with E-state index < -0.39 is 5.82 Å². The molecular weight excluding hydrogens is 295 g/mol. The summed E-state index contributed by atoms with van der Waals surface area (Å²) in [6.45, 7) is 0.607. The second-order valence-electron chi connectivity index (χ2n) is 5.45. The molecule has 5 heteroatoms. The monoisotopic (exact) mass is 316 g/mol. The summed E-state index contributed by atoms with van der Waals surface area (Å²) in [5, 5.41) is 0. The van der Waals surface area contributed by atoms with Crippen LogP contribution in [0.25, 0.3) is 0 Å². The normalized spacial score (nSPS) is 10.3. The minimum atomic E-state index is -0.403. The highest BCUT2D eigenvalue weighted by Crippen LogP contribution is 2.16. The van der Waals surface area contributed by atoms with Gasteiger partial charge in [0, 0.05) is 32.4 Å². The average Bonchev–Trinajstić information content (AvgIpc) is 2.56. The Morgan fingerprint density at radius 2 is 1.83 bits per heavy atom. The van der Waals surface area contributed by atoms with Crippen LogP contribution < -0.4 is 9.64 Å². The predicted molar refractivity (Wildman–Crippen MR) is 89.6 cm³/mol. The summed E-state index contributed by atoms with van der Waals surface area (Å²) in [5.74, 6) is -0.297. The van der Waals surface area contributed by atoms with Crippen LogP contribution in [0.4, 0.5) is 10.1 Å². The maximum absolute atomic E-state index is 13.4. The van der Waals surface area contributed by atoms with Crippen LogP contribution in [-0.4, -0.2) is 45.1 Å². The Morgan fingerprint density at radius 1 is 1.09 bits per heavy atom. The number of hydrogen-bond donors (Lipinski definition) is 0. The smallest absolute Gasteiger partial charge is 0.253 e. The number of likely N-dealkylation sites (N-methyl/N-ethyl adjacent to an activating group) is 1. The summed E-state index contributed by atoms with van der Waals surface area (Å²) in [5.41, 5.74) is 1.58. The fraction of sp³-hybridized carbons (Fsp3) is 0.278. The van der Waals surface area contributed by atoms with Crippen LogP contribution >= 0.6 is 0 Å². The molecule has 2 aromatic rings. The molecule has 0 aromatic heterocycles. The van der Waals surface area contributed by atoms with Crippen molar-refractivity contribution in [2.75, 3.05) is 39.2 Å². The maximum atomic E-state index is 13.4. The van der Waals surface area contributed by atoms with Crippen molar-refractivity contribution >= 4 is 11.6 Å². The highest BCUT2D eigenvalue weighted by Gasteiger charge is 2.13. The second kappa shape index (κ2) is 7.63. The lowest BCUT2D eigenvalue weighted by Crippen LogP contribution is -2.31. The Hall–Kier alpha value is -2.56. The van der Waals surface area contributed by atoms with Crippen LogP contribution in [0, 0.1) is 5.82 Å². The Morgan fingerprint density at radius 3 is 2.52 bits per heavy atom. The summed E-state index contributed by atoms with van der Waals surface area (Å²) in [6.07, 6.45) is 0. The van der Waals surface area contributed by atoms with E-state index in [0.717, 1.165) is 5.69 Å². The highest BCUT2D eigenvalue weighted by molar-refractivity contribution is 5.95. The molecule has 0 heterocycles. The molecule has 0 aliphatic heterocycles. The van der Waals surface area contributed by atoms with E-state index >= 15 is 0 Å². The van der Waals surface area contributed by atoms with Gasteiger partial charge in [-0.15, -0.1) is 0 Å². The van der Waals surface area contributed by atoms with Crippen molar-refractivity contribution in [1.29, 1.82) is 0 Å². The SMILES string of the molecule is CN(CCOc1ccccc1F)C(=O)c1cccc(N(C)C)c1. The van der Waals surface area contributed by atoms with Crippen molar-refractivity contribution in [2.45, 2.75) is 0 Å². The first-order chi connectivity index (χ1) is 11.0. The number of carbonyl (C=O) groups is 1. The third-order valence-electron chi connectivity index (χ3n) is 3.48. The van der Waals surface area contributed by atoms with Crippen LogP contribution in [0.3, 0.4) is 0 Å². The van der Waals surface area contributed by atoms with Crippen molar-refractivity contribution in [3.8, 4) is 5.75 Å². The van der Waals surface area contributed by atoms with E-state index in [-0.39, 0.29) is 18.3 Å². The standard InChI is InChI=1S/C18H21FN2O2/c1-20(2)15-8-6-7-14(13-15)18(22)21(3)11-12-23-17-10-5-4-9-16(17)19/h4-10,13H,11-12H2,1-3H3. The number of ether oxygens (including phenoxy) is 1. The van der Waals surface area contributed by atoms with Crippen molar-refractivity contribution in [1.82, 2.24) is 4.90 Å². The molecule has 0 aliphatic carbocycles. The first-order valence-electron chi connectivity index (χ1n) is 7.39. The fourth-order valence-electron chi connectivity index (χ4n) is 2.09. The molecule has 23 heavy (non-hydrogen) atoms. The molecule has 0 N–H and O–H groups in total. The van der Waals surface area contributed by atoms with E-state index in [2.05, 4.69) is 0 Å². The van der Waals surface area contributed by atoms with Crippen LogP contribution in [0.15, 0.2) is 48.5 Å². The van der Waals surface area contributed by atoms with E-state index in [1.54, 1.807) is 36.2 Å². The van der Waals surface area contributed by atoms with Gasteiger partial charge in [-0.25, -0.2) is 4.39 Å². The predicted octanol–water partition coefficient (Wildman–Crippen LogP) is 3.04. The number of carbonyl (C=O) groups excluding carboxylic acids is 1. The third-order valence-corrected chi connectivity index (χ3v) is 3.48. The maximum Gasteiger partial charge on any atom is 0.253 e. The lowest BCUT2D eigenvalue weighted by atomic mass is 10.1. The number of hydrogen-bond acceptors (Lipinski definition) is 3. The van der Waals surface area contributed by atoms with Gasteiger partial charge in [0.05, 0.1) is 6.54 Å². The van der Waals surface area contributed by atoms with Crippen molar-refractivity contribution in [3.63, 3.8) is 0 Å². The third kappa shape index (κ3) is 4.45. The van der Waals surface area contributed by atoms with Crippen molar-refractivity contribution < 1.29 is 13.9 Å². The first kappa shape index (κ1) is 16.8.